The van der Waals surface area contributed by atoms with Gasteiger partial charge in [0, 0.05) is 33.7 Å². The number of carbonyl (C=O) groups excluding carboxylic acids is 2. The molecule has 0 heterocycles. The number of amides is 2. The van der Waals surface area contributed by atoms with Crippen molar-refractivity contribution in [1.29, 1.82) is 0 Å². The molecule has 0 aromatic heterocycles. The molecule has 7 nitrogen and oxygen atoms in total. The Labute approximate surface area is 251 Å². The Morgan fingerprint density at radius 2 is 1.52 bits per heavy atom. The average molecular weight is 625 g/mol. The Kier molecular flexibility index (Phi) is 10.9. The lowest BCUT2D eigenvalue weighted by Gasteiger charge is -2.33. The first-order valence-electron chi connectivity index (χ1n) is 12.8. The van der Waals surface area contributed by atoms with Crippen LogP contribution in [-0.2, 0) is 26.2 Å². The lowest BCUT2D eigenvalue weighted by Crippen LogP contribution is -2.52. The van der Waals surface area contributed by atoms with Crippen LogP contribution in [0, 0.1) is 13.8 Å². The van der Waals surface area contributed by atoms with Crippen molar-refractivity contribution in [2.24, 2.45) is 0 Å². The summed E-state index contributed by atoms with van der Waals surface area (Å²) in [5.74, 6) is -0.954. The van der Waals surface area contributed by atoms with Crippen LogP contribution in [-0.4, -0.2) is 44.3 Å². The van der Waals surface area contributed by atoms with Gasteiger partial charge in [-0.3, -0.25) is 13.9 Å². The van der Waals surface area contributed by atoms with E-state index in [1.165, 1.54) is 29.2 Å². The molecule has 11 heteroatoms. The summed E-state index contributed by atoms with van der Waals surface area (Å²) in [7, 11) is -4.21. The van der Waals surface area contributed by atoms with Crippen molar-refractivity contribution in [2.75, 3.05) is 17.4 Å². The fourth-order valence-electron chi connectivity index (χ4n) is 4.21. The standard InChI is InChI=1S/C29H32Cl3N3O4S/c1-5-27(29(37)33-6-2)34(17-24-25(31)8-7-9-26(24)32)28(36)18-35(22-13-10-19(3)20(4)16-22)40(38,39)23-14-11-21(30)12-15-23/h7-16,27H,5-6,17-18H2,1-4H3,(H,33,37)/t27-/m0/s1. The third-order valence-electron chi connectivity index (χ3n) is 6.59. The third-order valence-corrected chi connectivity index (χ3v) is 9.33. The Morgan fingerprint density at radius 3 is 2.08 bits per heavy atom. The number of rotatable bonds is 11. The van der Waals surface area contributed by atoms with Gasteiger partial charge in [-0.05, 0) is 86.8 Å². The summed E-state index contributed by atoms with van der Waals surface area (Å²) in [5, 5.41) is 3.80. The number of carbonyl (C=O) groups is 2. The molecular weight excluding hydrogens is 593 g/mol. The normalized spacial score (nSPS) is 12.1. The highest BCUT2D eigenvalue weighted by molar-refractivity contribution is 7.92. The molecule has 0 bridgehead atoms. The minimum Gasteiger partial charge on any atom is -0.355 e. The van der Waals surface area contributed by atoms with Crippen LogP contribution in [0.5, 0.6) is 0 Å². The van der Waals surface area contributed by atoms with Crippen LogP contribution >= 0.6 is 34.8 Å². The number of anilines is 1. The molecule has 0 aliphatic rings. The molecule has 0 spiro atoms. The van der Waals surface area contributed by atoms with Crippen molar-refractivity contribution in [2.45, 2.75) is 51.6 Å². The van der Waals surface area contributed by atoms with E-state index < -0.39 is 28.5 Å². The van der Waals surface area contributed by atoms with E-state index in [1.54, 1.807) is 50.2 Å². The van der Waals surface area contributed by atoms with Crippen LogP contribution < -0.4 is 9.62 Å². The summed E-state index contributed by atoms with van der Waals surface area (Å²) in [4.78, 5) is 28.4. The molecule has 3 aromatic carbocycles. The van der Waals surface area contributed by atoms with Crippen molar-refractivity contribution in [3.8, 4) is 0 Å². The van der Waals surface area contributed by atoms with Crippen LogP contribution in [0.25, 0.3) is 0 Å². The maximum atomic E-state index is 14.1. The second-order valence-corrected chi connectivity index (χ2v) is 12.4. The maximum absolute atomic E-state index is 14.1. The van der Waals surface area contributed by atoms with Gasteiger partial charge in [-0.2, -0.15) is 0 Å². The smallest absolute Gasteiger partial charge is 0.264 e. The molecule has 0 aliphatic heterocycles. The third kappa shape index (κ3) is 7.29. The Hall–Kier alpha value is -2.78. The van der Waals surface area contributed by atoms with Gasteiger partial charge in [0.1, 0.15) is 12.6 Å². The largest absolute Gasteiger partial charge is 0.355 e. The number of likely N-dealkylation sites (N-methyl/N-ethyl adjacent to an activating group) is 1. The number of nitrogens with zero attached hydrogens (tertiary/aromatic N) is 2. The first-order chi connectivity index (χ1) is 18.9. The van der Waals surface area contributed by atoms with Crippen LogP contribution in [0.4, 0.5) is 5.69 Å². The topological polar surface area (TPSA) is 86.8 Å². The molecule has 40 heavy (non-hydrogen) atoms. The van der Waals surface area contributed by atoms with E-state index in [4.69, 9.17) is 34.8 Å². The molecule has 0 radical (unpaired) electrons. The van der Waals surface area contributed by atoms with E-state index in [1.807, 2.05) is 13.8 Å². The van der Waals surface area contributed by atoms with E-state index in [9.17, 15) is 18.0 Å². The fourth-order valence-corrected chi connectivity index (χ4v) is 6.26. The van der Waals surface area contributed by atoms with Gasteiger partial charge in [-0.15, -0.1) is 0 Å². The van der Waals surface area contributed by atoms with Gasteiger partial charge in [-0.1, -0.05) is 53.9 Å². The minimum atomic E-state index is -4.21. The van der Waals surface area contributed by atoms with Crippen molar-refractivity contribution in [3.05, 3.63) is 92.4 Å². The number of nitrogens with one attached hydrogen (secondary N) is 1. The molecule has 1 atom stereocenters. The SMILES string of the molecule is CCNC(=O)[C@H](CC)N(Cc1c(Cl)cccc1Cl)C(=O)CN(c1ccc(C)c(C)c1)S(=O)(=O)c1ccc(Cl)cc1. The van der Waals surface area contributed by atoms with Crippen LogP contribution in [0.3, 0.4) is 0 Å². The highest BCUT2D eigenvalue weighted by Gasteiger charge is 2.34. The fraction of sp³-hybridized carbons (Fsp3) is 0.310. The van der Waals surface area contributed by atoms with Crippen LogP contribution in [0.1, 0.15) is 37.0 Å². The number of halogens is 3. The van der Waals surface area contributed by atoms with Crippen LogP contribution in [0.15, 0.2) is 65.6 Å². The van der Waals surface area contributed by atoms with Crippen molar-refractivity contribution in [3.63, 3.8) is 0 Å². The summed E-state index contributed by atoms with van der Waals surface area (Å²) < 4.78 is 28.9. The number of benzene rings is 3. The summed E-state index contributed by atoms with van der Waals surface area (Å²) >= 11 is 18.9. The van der Waals surface area contributed by atoms with Gasteiger partial charge in [-0.25, -0.2) is 8.42 Å². The Bertz CT molecular complexity index is 1460. The maximum Gasteiger partial charge on any atom is 0.264 e. The molecule has 0 aliphatic carbocycles. The Balaban J connectivity index is 2.12. The summed E-state index contributed by atoms with van der Waals surface area (Å²) in [6.45, 7) is 7.04. The lowest BCUT2D eigenvalue weighted by atomic mass is 10.1. The highest BCUT2D eigenvalue weighted by Crippen LogP contribution is 2.29. The zero-order valence-corrected chi connectivity index (χ0v) is 25.8. The first-order valence-corrected chi connectivity index (χ1v) is 15.3. The molecule has 3 aromatic rings. The molecule has 0 saturated carbocycles. The lowest BCUT2D eigenvalue weighted by molar-refractivity contribution is -0.140. The molecule has 0 fully saturated rings. The highest BCUT2D eigenvalue weighted by atomic mass is 35.5. The molecule has 0 saturated heterocycles. The predicted octanol–water partition coefficient (Wildman–Crippen LogP) is 6.40. The van der Waals surface area contributed by atoms with Gasteiger partial charge in [0.25, 0.3) is 10.0 Å². The molecule has 3 rings (SSSR count). The second-order valence-electron chi connectivity index (χ2n) is 9.27. The van der Waals surface area contributed by atoms with E-state index in [2.05, 4.69) is 5.32 Å². The number of aryl methyl sites for hydroxylation is 2. The van der Waals surface area contributed by atoms with Crippen molar-refractivity contribution >= 4 is 62.3 Å². The van der Waals surface area contributed by atoms with Gasteiger partial charge in [0.15, 0.2) is 0 Å². The minimum absolute atomic E-state index is 0.0283. The zero-order chi connectivity index (χ0) is 29.6. The molecule has 214 valence electrons. The quantitative estimate of drug-likeness (QED) is 0.267. The Morgan fingerprint density at radius 1 is 0.900 bits per heavy atom. The zero-order valence-electron chi connectivity index (χ0n) is 22.7. The molecular formula is C29H32Cl3N3O4S. The van der Waals surface area contributed by atoms with Crippen molar-refractivity contribution < 1.29 is 18.0 Å². The number of hydrogen-bond donors (Lipinski definition) is 1. The summed E-state index contributed by atoms with van der Waals surface area (Å²) in [6, 6.07) is 15.0. The predicted molar refractivity (Wildman–Crippen MR) is 162 cm³/mol. The molecule has 2 amide bonds. The van der Waals surface area contributed by atoms with E-state index in [-0.39, 0.29) is 23.8 Å². The van der Waals surface area contributed by atoms with Gasteiger partial charge < -0.3 is 10.2 Å². The monoisotopic (exact) mass is 623 g/mol. The molecule has 0 unspecified atom stereocenters. The van der Waals surface area contributed by atoms with Gasteiger partial charge in [0.05, 0.1) is 10.6 Å². The number of hydrogen-bond acceptors (Lipinski definition) is 4. The average Bonchev–Trinajstić information content (AvgIpc) is 2.90. The second kappa shape index (κ2) is 13.7. The van der Waals surface area contributed by atoms with Crippen LogP contribution in [0.2, 0.25) is 15.1 Å². The summed E-state index contributed by atoms with van der Waals surface area (Å²) in [5.41, 5.74) is 2.60. The molecule has 1 N–H and O–H groups in total. The summed E-state index contributed by atoms with van der Waals surface area (Å²) in [6.07, 6.45) is 0.285. The van der Waals surface area contributed by atoms with Gasteiger partial charge in [0.2, 0.25) is 11.8 Å². The van der Waals surface area contributed by atoms with E-state index >= 15 is 0 Å². The number of sulfonamides is 1. The van der Waals surface area contributed by atoms with E-state index in [0.29, 0.717) is 32.9 Å². The van der Waals surface area contributed by atoms with E-state index in [0.717, 1.165) is 15.4 Å². The van der Waals surface area contributed by atoms with Crippen molar-refractivity contribution in [1.82, 2.24) is 10.2 Å². The first kappa shape index (κ1) is 31.7. The van der Waals surface area contributed by atoms with Gasteiger partial charge >= 0.3 is 0 Å².